The summed E-state index contributed by atoms with van der Waals surface area (Å²) in [6.07, 6.45) is 0.863. The Morgan fingerprint density at radius 2 is 1.46 bits per heavy atom. The Kier molecular flexibility index (Phi) is 10.9. The highest BCUT2D eigenvalue weighted by atomic mass is 35.5. The Labute approximate surface area is 296 Å². The van der Waals surface area contributed by atoms with Crippen molar-refractivity contribution in [3.05, 3.63) is 130 Å². The van der Waals surface area contributed by atoms with Crippen LogP contribution >= 0.6 is 23.2 Å². The number of nitrogens with zero attached hydrogens (tertiary/aromatic N) is 1. The molecular weight excluding hydrogens is 657 g/mol. The molecule has 252 valence electrons. The minimum atomic E-state index is -2.94. The van der Waals surface area contributed by atoms with Crippen molar-refractivity contribution >= 4 is 53.8 Å². The molecule has 0 aromatic heterocycles. The lowest BCUT2D eigenvalue weighted by Gasteiger charge is -2.52. The Hall–Kier alpha value is -3.42. The predicted molar refractivity (Wildman–Crippen MR) is 198 cm³/mol. The normalized spacial score (nSPS) is 20.8. The number of esters is 1. The molecule has 8 heteroatoms. The number of benzene rings is 4. The Morgan fingerprint density at radius 3 is 1.96 bits per heavy atom. The van der Waals surface area contributed by atoms with E-state index in [9.17, 15) is 9.59 Å². The van der Waals surface area contributed by atoms with Crippen molar-refractivity contribution < 1.29 is 18.8 Å². The fraction of sp³-hybridized carbons (Fsp3) is 0.350. The van der Waals surface area contributed by atoms with Crippen LogP contribution in [0.2, 0.25) is 15.1 Å². The summed E-state index contributed by atoms with van der Waals surface area (Å²) < 4.78 is 12.7. The molecule has 0 N–H and O–H groups in total. The van der Waals surface area contributed by atoms with E-state index in [1.807, 2.05) is 65.6 Å². The summed E-state index contributed by atoms with van der Waals surface area (Å²) in [5.41, 5.74) is 0.446. The average molecular weight is 703 g/mol. The first kappa shape index (κ1) is 35.9. The van der Waals surface area contributed by atoms with Gasteiger partial charge in [0.1, 0.15) is 5.41 Å². The van der Waals surface area contributed by atoms with E-state index in [0.717, 1.165) is 21.5 Å². The number of methoxy groups -OCH3 is 1. The maximum Gasteiger partial charge on any atom is 0.321 e. The average Bonchev–Trinajstić information content (AvgIpc) is 3.08. The fourth-order valence-electron chi connectivity index (χ4n) is 7.50. The van der Waals surface area contributed by atoms with Gasteiger partial charge in [-0.1, -0.05) is 136 Å². The van der Waals surface area contributed by atoms with Gasteiger partial charge in [0.2, 0.25) is 5.91 Å². The van der Waals surface area contributed by atoms with Gasteiger partial charge in [-0.15, -0.1) is 0 Å². The lowest BCUT2D eigenvalue weighted by Crippen LogP contribution is -2.68. The highest BCUT2D eigenvalue weighted by Crippen LogP contribution is 2.51. The number of halogens is 2. The summed E-state index contributed by atoms with van der Waals surface area (Å²) in [5.74, 6) is -1.10. The van der Waals surface area contributed by atoms with Crippen LogP contribution in [0.4, 0.5) is 0 Å². The van der Waals surface area contributed by atoms with Crippen molar-refractivity contribution in [2.75, 3.05) is 13.7 Å². The number of rotatable bonds is 10. The summed E-state index contributed by atoms with van der Waals surface area (Å²) in [7, 11) is -1.60. The maximum absolute atomic E-state index is 14.9. The molecule has 5 nitrogen and oxygen atoms in total. The quantitative estimate of drug-likeness (QED) is 0.0944. The van der Waals surface area contributed by atoms with Crippen molar-refractivity contribution in [1.29, 1.82) is 0 Å². The molecule has 0 bridgehead atoms. The second-order valence-electron chi connectivity index (χ2n) is 13.9. The van der Waals surface area contributed by atoms with E-state index in [4.69, 9.17) is 32.4 Å². The fourth-order valence-corrected chi connectivity index (χ4v) is 12.4. The Morgan fingerprint density at radius 1 is 0.875 bits per heavy atom. The van der Waals surface area contributed by atoms with Gasteiger partial charge in [-0.05, 0) is 70.6 Å². The lowest BCUT2D eigenvalue weighted by molar-refractivity contribution is -0.172. The number of hydrogen-bond donors (Lipinski definition) is 0. The Balaban J connectivity index is 1.69. The summed E-state index contributed by atoms with van der Waals surface area (Å²) >= 11 is 12.9. The molecule has 4 aromatic carbocycles. The number of ether oxygens (including phenoxy) is 1. The van der Waals surface area contributed by atoms with Crippen LogP contribution in [-0.2, 0) is 18.8 Å². The molecule has 0 radical (unpaired) electrons. The topological polar surface area (TPSA) is 55.8 Å². The van der Waals surface area contributed by atoms with Gasteiger partial charge in [0.25, 0.3) is 8.32 Å². The van der Waals surface area contributed by atoms with Crippen LogP contribution in [0.25, 0.3) is 0 Å². The SMILES string of the molecule is CC[C@@H](CO[Si](c1ccccc1)(c1ccccc1)C(C)(C)C)N1C(=O)[C@@](C)(C(=O)OC)C[C@H](c2cccc(Cl)c2)[C@H]1c1ccc(Cl)cc1. The van der Waals surface area contributed by atoms with Crippen LogP contribution < -0.4 is 10.4 Å². The second kappa shape index (κ2) is 14.6. The first-order valence-electron chi connectivity index (χ1n) is 16.5. The molecule has 0 aliphatic carbocycles. The van der Waals surface area contributed by atoms with Crippen LogP contribution in [0.15, 0.2) is 109 Å². The molecular formula is C40H45Cl2NO4Si. The molecule has 48 heavy (non-hydrogen) atoms. The number of piperidine rings is 1. The van der Waals surface area contributed by atoms with Crippen molar-refractivity contribution in [3.8, 4) is 0 Å². The molecule has 0 unspecified atom stereocenters. The summed E-state index contributed by atoms with van der Waals surface area (Å²) in [5, 5.41) is 3.27. The zero-order valence-electron chi connectivity index (χ0n) is 28.6. The highest BCUT2D eigenvalue weighted by Gasteiger charge is 2.57. The molecule has 1 saturated heterocycles. The standard InChI is InChI=1S/C40H45Cl2NO4Si/c1-7-32(27-47-48(39(2,3)4,33-17-10-8-11-18-33)34-19-12-9-13-20-34)43-36(28-21-23-30(41)24-22-28)35(29-15-14-16-31(42)25-29)26-40(5,37(43)44)38(45)46-6/h8-25,32,35-36H,7,26-27H2,1-6H3/t32-,35+,36+,40-/m0/s1. The molecule has 1 aliphatic heterocycles. The minimum absolute atomic E-state index is 0.251. The van der Waals surface area contributed by atoms with E-state index in [-0.39, 0.29) is 35.9 Å². The summed E-state index contributed by atoms with van der Waals surface area (Å²) in [6, 6.07) is 35.5. The van der Waals surface area contributed by atoms with Crippen molar-refractivity contribution in [3.63, 3.8) is 0 Å². The van der Waals surface area contributed by atoms with Gasteiger partial charge >= 0.3 is 5.97 Å². The van der Waals surface area contributed by atoms with Crippen LogP contribution in [0.5, 0.6) is 0 Å². The minimum Gasteiger partial charge on any atom is -0.468 e. The van der Waals surface area contributed by atoms with Gasteiger partial charge in [-0.2, -0.15) is 0 Å². The number of likely N-dealkylation sites (tertiary alicyclic amines) is 1. The molecule has 1 fully saturated rings. The van der Waals surface area contributed by atoms with Gasteiger partial charge in [0, 0.05) is 16.0 Å². The number of carbonyl (C=O) groups is 2. The zero-order chi connectivity index (χ0) is 34.7. The predicted octanol–water partition coefficient (Wildman–Crippen LogP) is 8.59. The van der Waals surface area contributed by atoms with E-state index in [2.05, 4.69) is 76.2 Å². The lowest BCUT2D eigenvalue weighted by atomic mass is 9.68. The third-order valence-corrected chi connectivity index (χ3v) is 15.4. The van der Waals surface area contributed by atoms with Crippen LogP contribution in [0.1, 0.15) is 70.5 Å². The molecule has 0 spiro atoms. The first-order valence-corrected chi connectivity index (χ1v) is 19.2. The monoisotopic (exact) mass is 701 g/mol. The number of carbonyl (C=O) groups excluding carboxylic acids is 2. The van der Waals surface area contributed by atoms with E-state index in [1.165, 1.54) is 7.11 Å². The molecule has 4 atom stereocenters. The first-order chi connectivity index (χ1) is 22.9. The van der Waals surface area contributed by atoms with Crippen molar-refractivity contribution in [2.45, 2.75) is 70.5 Å². The highest BCUT2D eigenvalue weighted by molar-refractivity contribution is 6.99. The molecule has 0 saturated carbocycles. The smallest absolute Gasteiger partial charge is 0.321 e. The molecule has 5 rings (SSSR count). The second-order valence-corrected chi connectivity index (χ2v) is 19.1. The van der Waals surface area contributed by atoms with Crippen molar-refractivity contribution in [1.82, 2.24) is 4.90 Å². The molecule has 4 aromatic rings. The van der Waals surface area contributed by atoms with Gasteiger partial charge in [0.05, 0.1) is 25.8 Å². The summed E-state index contributed by atoms with van der Waals surface area (Å²) in [4.78, 5) is 30.4. The van der Waals surface area contributed by atoms with Crippen molar-refractivity contribution in [2.24, 2.45) is 5.41 Å². The van der Waals surface area contributed by atoms with Crippen LogP contribution in [0, 0.1) is 5.41 Å². The molecule has 1 heterocycles. The van der Waals surface area contributed by atoms with E-state index in [1.54, 1.807) is 6.92 Å². The number of amides is 1. The number of hydrogen-bond acceptors (Lipinski definition) is 4. The largest absolute Gasteiger partial charge is 0.468 e. The van der Waals surface area contributed by atoms with Gasteiger partial charge < -0.3 is 14.1 Å². The van der Waals surface area contributed by atoms with E-state index < -0.39 is 25.7 Å². The third kappa shape index (κ3) is 6.73. The van der Waals surface area contributed by atoms with Gasteiger partial charge in [0.15, 0.2) is 0 Å². The van der Waals surface area contributed by atoms with E-state index in [0.29, 0.717) is 16.5 Å². The third-order valence-electron chi connectivity index (χ3n) is 9.91. The Bertz CT molecular complexity index is 1670. The van der Waals surface area contributed by atoms with Gasteiger partial charge in [-0.3, -0.25) is 9.59 Å². The zero-order valence-corrected chi connectivity index (χ0v) is 31.1. The maximum atomic E-state index is 14.9. The van der Waals surface area contributed by atoms with E-state index >= 15 is 0 Å². The molecule has 1 amide bonds. The van der Waals surface area contributed by atoms with Gasteiger partial charge in [-0.25, -0.2) is 0 Å². The summed E-state index contributed by atoms with van der Waals surface area (Å²) in [6.45, 7) is 10.8. The van der Waals surface area contributed by atoms with Crippen LogP contribution in [-0.4, -0.2) is 44.9 Å². The molecule has 1 aliphatic rings. The van der Waals surface area contributed by atoms with Crippen LogP contribution in [0.3, 0.4) is 0 Å².